The summed E-state index contributed by atoms with van der Waals surface area (Å²) in [5.74, 6) is 1.99. The van der Waals surface area contributed by atoms with Crippen molar-refractivity contribution < 1.29 is 13.7 Å². The number of anilines is 1. The molecule has 2 saturated heterocycles. The topological polar surface area (TPSA) is 76.3 Å². The predicted molar refractivity (Wildman–Crippen MR) is 129 cm³/mol. The molecule has 3 aliphatic rings. The van der Waals surface area contributed by atoms with Crippen LogP contribution in [0.1, 0.15) is 61.4 Å². The first-order valence-corrected chi connectivity index (χ1v) is 12.6. The third-order valence-corrected chi connectivity index (χ3v) is 7.82. The Balaban J connectivity index is 1.37. The van der Waals surface area contributed by atoms with Crippen LogP contribution in [0.15, 0.2) is 16.7 Å². The monoisotopic (exact) mass is 465 g/mol. The molecule has 1 aromatic carbocycles. The number of benzene rings is 1. The number of halogens is 1. The number of aryl methyl sites for hydroxylation is 2. The van der Waals surface area contributed by atoms with Crippen LogP contribution in [-0.4, -0.2) is 53.5 Å². The Morgan fingerprint density at radius 2 is 1.85 bits per heavy atom. The molecule has 1 unspecified atom stereocenters. The van der Waals surface area contributed by atoms with E-state index in [9.17, 15) is 0 Å². The smallest absolute Gasteiger partial charge is 0.261 e. The molecular formula is C26H32FN5O2. The van der Waals surface area contributed by atoms with Gasteiger partial charge in [0.2, 0.25) is 0 Å². The third-order valence-electron chi connectivity index (χ3n) is 7.82. The summed E-state index contributed by atoms with van der Waals surface area (Å²) in [6, 6.07) is 4.73. The normalized spacial score (nSPS) is 22.0. The van der Waals surface area contributed by atoms with E-state index in [0.717, 1.165) is 86.3 Å². The zero-order valence-electron chi connectivity index (χ0n) is 19.9. The maximum Gasteiger partial charge on any atom is 0.261 e. The van der Waals surface area contributed by atoms with Gasteiger partial charge in [-0.15, -0.1) is 0 Å². The first-order chi connectivity index (χ1) is 16.6. The summed E-state index contributed by atoms with van der Waals surface area (Å²) in [6.45, 7) is 7.16. The number of fused-ring (bicyclic) bond motifs is 1. The highest BCUT2D eigenvalue weighted by molar-refractivity contribution is 5.93. The van der Waals surface area contributed by atoms with Crippen molar-refractivity contribution in [3.8, 4) is 11.5 Å². The van der Waals surface area contributed by atoms with Gasteiger partial charge in [0.15, 0.2) is 5.82 Å². The first kappa shape index (κ1) is 21.9. The van der Waals surface area contributed by atoms with Crippen molar-refractivity contribution >= 4 is 16.7 Å². The van der Waals surface area contributed by atoms with Crippen LogP contribution in [0.2, 0.25) is 0 Å². The lowest BCUT2D eigenvalue weighted by Gasteiger charge is -2.35. The Hall–Kier alpha value is -2.58. The van der Waals surface area contributed by atoms with Crippen molar-refractivity contribution in [3.63, 3.8) is 0 Å². The van der Waals surface area contributed by atoms with Crippen molar-refractivity contribution in [2.75, 3.05) is 31.2 Å². The number of nitrogens with zero attached hydrogens (tertiary/aromatic N) is 4. The SMILES string of the molecule is Cc1noc(-c2c(N3CCC(NC4CCOC4)CC3)nc3c(F)cc(C4CCC4)cc3c2C)n1. The molecule has 0 radical (unpaired) electrons. The Morgan fingerprint density at radius 1 is 1.03 bits per heavy atom. The molecule has 34 heavy (non-hydrogen) atoms. The van der Waals surface area contributed by atoms with Gasteiger partial charge in [0.25, 0.3) is 5.89 Å². The molecular weight excluding hydrogens is 433 g/mol. The van der Waals surface area contributed by atoms with Crippen LogP contribution in [0.3, 0.4) is 0 Å². The molecule has 8 heteroatoms. The predicted octanol–water partition coefficient (Wildman–Crippen LogP) is 4.66. The Bertz CT molecular complexity index is 1190. The molecule has 6 rings (SSSR count). The summed E-state index contributed by atoms with van der Waals surface area (Å²) in [7, 11) is 0. The average Bonchev–Trinajstić information content (AvgIpc) is 3.45. The first-order valence-electron chi connectivity index (χ1n) is 12.6. The number of hydrogen-bond acceptors (Lipinski definition) is 7. The van der Waals surface area contributed by atoms with E-state index in [1.54, 1.807) is 6.07 Å². The highest BCUT2D eigenvalue weighted by atomic mass is 19.1. The van der Waals surface area contributed by atoms with E-state index in [1.165, 1.54) is 6.42 Å². The molecule has 1 saturated carbocycles. The number of ether oxygens (including phenoxy) is 1. The summed E-state index contributed by atoms with van der Waals surface area (Å²) < 4.78 is 26.5. The van der Waals surface area contributed by atoms with Crippen LogP contribution in [0.4, 0.5) is 10.2 Å². The van der Waals surface area contributed by atoms with Crippen molar-refractivity contribution in [3.05, 3.63) is 34.9 Å². The zero-order chi connectivity index (χ0) is 23.2. The van der Waals surface area contributed by atoms with E-state index in [-0.39, 0.29) is 5.82 Å². The van der Waals surface area contributed by atoms with Gasteiger partial charge in [0.05, 0.1) is 12.2 Å². The van der Waals surface area contributed by atoms with E-state index in [0.29, 0.717) is 35.2 Å². The summed E-state index contributed by atoms with van der Waals surface area (Å²) in [4.78, 5) is 11.7. The fourth-order valence-corrected chi connectivity index (χ4v) is 5.60. The summed E-state index contributed by atoms with van der Waals surface area (Å²) in [5.41, 5.74) is 3.28. The molecule has 7 nitrogen and oxygen atoms in total. The van der Waals surface area contributed by atoms with Crippen LogP contribution < -0.4 is 10.2 Å². The highest BCUT2D eigenvalue weighted by Crippen LogP contribution is 2.41. The van der Waals surface area contributed by atoms with E-state index in [4.69, 9.17) is 14.2 Å². The lowest BCUT2D eigenvalue weighted by atomic mass is 9.79. The van der Waals surface area contributed by atoms with Crippen molar-refractivity contribution in [2.24, 2.45) is 0 Å². The molecule has 0 spiro atoms. The van der Waals surface area contributed by atoms with E-state index in [1.807, 2.05) is 13.8 Å². The number of nitrogens with one attached hydrogen (secondary N) is 1. The molecule has 3 aromatic rings. The average molecular weight is 466 g/mol. The van der Waals surface area contributed by atoms with Gasteiger partial charge in [0.1, 0.15) is 17.2 Å². The third kappa shape index (κ3) is 3.96. The molecule has 3 fully saturated rings. The van der Waals surface area contributed by atoms with E-state index >= 15 is 4.39 Å². The fraction of sp³-hybridized carbons (Fsp3) is 0.577. The second-order valence-corrected chi connectivity index (χ2v) is 10.1. The molecule has 180 valence electrons. The second kappa shape index (κ2) is 8.89. The number of hydrogen-bond donors (Lipinski definition) is 1. The van der Waals surface area contributed by atoms with Gasteiger partial charge >= 0.3 is 0 Å². The molecule has 2 aromatic heterocycles. The van der Waals surface area contributed by atoms with Gasteiger partial charge in [-0.25, -0.2) is 9.37 Å². The molecule has 0 amide bonds. The van der Waals surface area contributed by atoms with Crippen LogP contribution in [0.5, 0.6) is 0 Å². The maximum atomic E-state index is 15.4. The molecule has 0 bridgehead atoms. The van der Waals surface area contributed by atoms with Gasteiger partial charge < -0.3 is 19.5 Å². The molecule has 2 aliphatic heterocycles. The van der Waals surface area contributed by atoms with E-state index < -0.39 is 0 Å². The van der Waals surface area contributed by atoms with Crippen LogP contribution >= 0.6 is 0 Å². The van der Waals surface area contributed by atoms with Crippen LogP contribution in [0.25, 0.3) is 22.4 Å². The molecule has 1 atom stereocenters. The summed E-state index contributed by atoms with van der Waals surface area (Å²) in [6.07, 6.45) is 6.55. The summed E-state index contributed by atoms with van der Waals surface area (Å²) in [5, 5.41) is 8.61. The number of piperidine rings is 1. The number of rotatable bonds is 5. The lowest BCUT2D eigenvalue weighted by Crippen LogP contribution is -2.46. The summed E-state index contributed by atoms with van der Waals surface area (Å²) >= 11 is 0. The molecule has 1 N–H and O–H groups in total. The highest BCUT2D eigenvalue weighted by Gasteiger charge is 2.30. The quantitative estimate of drug-likeness (QED) is 0.587. The minimum absolute atomic E-state index is 0.241. The Morgan fingerprint density at radius 3 is 2.50 bits per heavy atom. The standard InChI is InChI=1S/C26H32FN5O2/c1-15-21-12-18(17-4-3-5-17)13-22(27)24(21)30-25(23(15)26-28-16(2)31-34-26)32-9-6-19(7-10-32)29-20-8-11-33-14-20/h12-13,17,19-20,29H,3-11,14H2,1-2H3. The minimum atomic E-state index is -0.241. The van der Waals surface area contributed by atoms with Crippen LogP contribution in [0, 0.1) is 19.7 Å². The van der Waals surface area contributed by atoms with Crippen molar-refractivity contribution in [2.45, 2.75) is 70.4 Å². The van der Waals surface area contributed by atoms with Crippen molar-refractivity contribution in [1.29, 1.82) is 0 Å². The molecule has 4 heterocycles. The Labute approximate surface area is 199 Å². The number of aromatic nitrogens is 3. The fourth-order valence-electron chi connectivity index (χ4n) is 5.60. The van der Waals surface area contributed by atoms with Gasteiger partial charge in [-0.1, -0.05) is 11.6 Å². The van der Waals surface area contributed by atoms with Gasteiger partial charge in [-0.05, 0) is 75.1 Å². The van der Waals surface area contributed by atoms with Gasteiger partial charge in [0, 0.05) is 37.2 Å². The largest absolute Gasteiger partial charge is 0.380 e. The molecule has 1 aliphatic carbocycles. The van der Waals surface area contributed by atoms with Crippen LogP contribution in [-0.2, 0) is 4.74 Å². The van der Waals surface area contributed by atoms with Crippen molar-refractivity contribution in [1.82, 2.24) is 20.4 Å². The number of pyridine rings is 1. The second-order valence-electron chi connectivity index (χ2n) is 10.1. The Kier molecular flexibility index (Phi) is 5.73. The van der Waals surface area contributed by atoms with Gasteiger partial charge in [-0.3, -0.25) is 0 Å². The zero-order valence-corrected chi connectivity index (χ0v) is 19.9. The minimum Gasteiger partial charge on any atom is -0.380 e. The van der Waals surface area contributed by atoms with E-state index in [2.05, 4.69) is 26.4 Å². The maximum absolute atomic E-state index is 15.4. The van der Waals surface area contributed by atoms with Gasteiger partial charge in [-0.2, -0.15) is 4.98 Å². The lowest BCUT2D eigenvalue weighted by molar-refractivity contribution is 0.186.